The van der Waals surface area contributed by atoms with Crippen LogP contribution in [0.3, 0.4) is 0 Å². The number of amides is 1. The van der Waals surface area contributed by atoms with Gasteiger partial charge >= 0.3 is 0 Å². The molecular weight excluding hydrogens is 434 g/mol. The molecule has 0 atom stereocenters. The van der Waals surface area contributed by atoms with E-state index >= 15 is 0 Å². The van der Waals surface area contributed by atoms with Crippen molar-refractivity contribution in [1.82, 2.24) is 19.6 Å². The van der Waals surface area contributed by atoms with Gasteiger partial charge in [0.2, 0.25) is 0 Å². The lowest BCUT2D eigenvalue weighted by molar-refractivity contribution is 0.0732. The van der Waals surface area contributed by atoms with Crippen molar-refractivity contribution in [3.8, 4) is 0 Å². The van der Waals surface area contributed by atoms with E-state index in [4.69, 9.17) is 0 Å². The topological polar surface area (TPSA) is 87.9 Å². The van der Waals surface area contributed by atoms with Crippen molar-refractivity contribution in [3.05, 3.63) is 52.4 Å². The van der Waals surface area contributed by atoms with E-state index in [-0.39, 0.29) is 10.8 Å². The van der Waals surface area contributed by atoms with Gasteiger partial charge in [0.1, 0.15) is 0 Å². The largest absolute Gasteiger partial charge is 0.292 e. The number of carbonyl (C=O) groups excluding carboxylic acids is 1. The van der Waals surface area contributed by atoms with E-state index in [1.165, 1.54) is 6.26 Å². The molecular formula is C17H16BrN5O3S. The zero-order chi connectivity index (χ0) is 19.3. The van der Waals surface area contributed by atoms with Crippen molar-refractivity contribution in [2.24, 2.45) is 0 Å². The van der Waals surface area contributed by atoms with Crippen molar-refractivity contribution in [1.29, 1.82) is 0 Å². The molecule has 0 N–H and O–H groups in total. The highest BCUT2D eigenvalue weighted by atomic mass is 79.9. The highest BCUT2D eigenvalue weighted by molar-refractivity contribution is 9.10. The first-order valence-corrected chi connectivity index (χ1v) is 10.8. The van der Waals surface area contributed by atoms with Crippen LogP contribution in [-0.4, -0.2) is 53.8 Å². The average molecular weight is 450 g/mol. The van der Waals surface area contributed by atoms with E-state index in [1.807, 2.05) is 0 Å². The molecule has 0 radical (unpaired) electrons. The minimum absolute atomic E-state index is 0.239. The van der Waals surface area contributed by atoms with Crippen LogP contribution in [0.4, 0.5) is 5.69 Å². The van der Waals surface area contributed by atoms with Crippen LogP contribution in [0.25, 0.3) is 5.65 Å². The molecule has 0 unspecified atom stereocenters. The van der Waals surface area contributed by atoms with Crippen molar-refractivity contribution >= 4 is 43.0 Å². The summed E-state index contributed by atoms with van der Waals surface area (Å²) in [5.74, 6) is -0.239. The highest BCUT2D eigenvalue weighted by Gasteiger charge is 2.28. The van der Waals surface area contributed by atoms with Gasteiger partial charge in [-0.1, -0.05) is 0 Å². The molecule has 0 saturated carbocycles. The van der Waals surface area contributed by atoms with Gasteiger partial charge in [0.15, 0.2) is 21.2 Å². The number of sulfone groups is 1. The minimum atomic E-state index is -3.27. The Labute approximate surface area is 164 Å². The van der Waals surface area contributed by atoms with E-state index in [1.54, 1.807) is 58.2 Å². The Morgan fingerprint density at radius 2 is 2.04 bits per heavy atom. The van der Waals surface area contributed by atoms with Gasteiger partial charge in [-0.05, 0) is 46.1 Å². The standard InChI is InChI=1S/C17H16BrN5O3S/c1-21-15-4-3-13(27(2,25)26)7-11(15)5-6-23(21)17(24)14-8-16-19-9-12(18)10-22(16)20-14/h3-4,7-10H,5-6H2,1-2H3. The summed E-state index contributed by atoms with van der Waals surface area (Å²) in [6.45, 7) is 0.431. The summed E-state index contributed by atoms with van der Waals surface area (Å²) in [5.41, 5.74) is 2.57. The van der Waals surface area contributed by atoms with Gasteiger partial charge in [0.05, 0.1) is 15.1 Å². The Morgan fingerprint density at radius 3 is 2.78 bits per heavy atom. The van der Waals surface area contributed by atoms with Crippen molar-refractivity contribution in [3.63, 3.8) is 0 Å². The SMILES string of the molecule is CN1c2ccc(S(C)(=O)=O)cc2CCN1C(=O)c1cc2ncc(Br)cn2n1. The third kappa shape index (κ3) is 3.19. The molecule has 1 amide bonds. The number of rotatable bonds is 2. The fourth-order valence-electron chi connectivity index (χ4n) is 3.14. The van der Waals surface area contributed by atoms with Gasteiger partial charge in [-0.25, -0.2) is 22.9 Å². The number of hydrogen-bond acceptors (Lipinski definition) is 6. The first-order chi connectivity index (χ1) is 12.7. The molecule has 4 rings (SSSR count). The first-order valence-electron chi connectivity index (χ1n) is 8.13. The molecule has 140 valence electrons. The predicted octanol–water partition coefficient (Wildman–Crippen LogP) is 1.95. The van der Waals surface area contributed by atoms with E-state index in [0.717, 1.165) is 15.7 Å². The minimum Gasteiger partial charge on any atom is -0.285 e. The van der Waals surface area contributed by atoms with Crippen LogP contribution in [0.15, 0.2) is 46.0 Å². The Morgan fingerprint density at radius 1 is 1.26 bits per heavy atom. The maximum absolute atomic E-state index is 13.0. The van der Waals surface area contributed by atoms with Crippen LogP contribution < -0.4 is 5.01 Å². The number of hydrazine groups is 1. The fourth-order valence-corrected chi connectivity index (χ4v) is 4.11. The molecule has 27 heavy (non-hydrogen) atoms. The quantitative estimate of drug-likeness (QED) is 0.593. The Hall–Kier alpha value is -2.46. The van der Waals surface area contributed by atoms with Crippen LogP contribution >= 0.6 is 15.9 Å². The predicted molar refractivity (Wildman–Crippen MR) is 103 cm³/mol. The summed E-state index contributed by atoms with van der Waals surface area (Å²) in [7, 11) is -1.49. The van der Waals surface area contributed by atoms with Gasteiger partial charge < -0.3 is 0 Å². The monoisotopic (exact) mass is 449 g/mol. The number of aromatic nitrogens is 3. The number of benzene rings is 1. The first kappa shape index (κ1) is 17.9. The van der Waals surface area contributed by atoms with E-state index in [0.29, 0.717) is 24.3 Å². The van der Waals surface area contributed by atoms with Gasteiger partial charge in [-0.3, -0.25) is 9.80 Å². The Kier molecular flexibility index (Phi) is 4.19. The molecule has 3 aromatic rings. The Bertz CT molecular complexity index is 1170. The zero-order valence-corrected chi connectivity index (χ0v) is 17.0. The molecule has 0 saturated heterocycles. The van der Waals surface area contributed by atoms with Crippen LogP contribution in [-0.2, 0) is 16.3 Å². The summed E-state index contributed by atoms with van der Waals surface area (Å²) in [4.78, 5) is 17.5. The smallest absolute Gasteiger partial charge is 0.285 e. The summed E-state index contributed by atoms with van der Waals surface area (Å²) in [6.07, 6.45) is 5.13. The molecule has 1 aromatic carbocycles. The van der Waals surface area contributed by atoms with Crippen LogP contribution in [0.1, 0.15) is 16.1 Å². The van der Waals surface area contributed by atoms with Gasteiger partial charge in [0.25, 0.3) is 5.91 Å². The second-order valence-electron chi connectivity index (χ2n) is 6.37. The number of halogens is 1. The summed E-state index contributed by atoms with van der Waals surface area (Å²) in [5, 5.41) is 7.65. The maximum Gasteiger partial charge on any atom is 0.292 e. The molecule has 0 aliphatic carbocycles. The number of hydrogen-bond donors (Lipinski definition) is 0. The number of anilines is 1. The average Bonchev–Trinajstić information content (AvgIpc) is 3.03. The van der Waals surface area contributed by atoms with Crippen molar-refractivity contribution in [2.45, 2.75) is 11.3 Å². The molecule has 3 heterocycles. The third-order valence-electron chi connectivity index (χ3n) is 4.52. The molecule has 0 bridgehead atoms. The fraction of sp³-hybridized carbons (Fsp3) is 0.235. The van der Waals surface area contributed by atoms with Gasteiger partial charge in [-0.2, -0.15) is 5.10 Å². The molecule has 0 spiro atoms. The summed E-state index contributed by atoms with van der Waals surface area (Å²) >= 11 is 3.33. The normalized spacial score (nSPS) is 14.5. The summed E-state index contributed by atoms with van der Waals surface area (Å²) < 4.78 is 25.9. The van der Waals surface area contributed by atoms with Crippen LogP contribution in [0, 0.1) is 0 Å². The van der Waals surface area contributed by atoms with E-state index in [2.05, 4.69) is 26.0 Å². The van der Waals surface area contributed by atoms with Gasteiger partial charge in [-0.15, -0.1) is 0 Å². The molecule has 10 heteroatoms. The lowest BCUT2D eigenvalue weighted by Gasteiger charge is -2.38. The summed E-state index contributed by atoms with van der Waals surface area (Å²) in [6, 6.07) is 6.61. The van der Waals surface area contributed by atoms with Crippen molar-refractivity contribution < 1.29 is 13.2 Å². The third-order valence-corrected chi connectivity index (χ3v) is 6.04. The number of nitrogens with zero attached hydrogens (tertiary/aromatic N) is 5. The lowest BCUT2D eigenvalue weighted by Crippen LogP contribution is -2.48. The van der Waals surface area contributed by atoms with Crippen LogP contribution in [0.2, 0.25) is 0 Å². The lowest BCUT2D eigenvalue weighted by atomic mass is 10.1. The highest BCUT2D eigenvalue weighted by Crippen LogP contribution is 2.29. The number of fused-ring (bicyclic) bond motifs is 2. The van der Waals surface area contributed by atoms with Crippen molar-refractivity contribution in [2.75, 3.05) is 24.9 Å². The molecule has 2 aromatic heterocycles. The second kappa shape index (κ2) is 6.31. The number of carbonyl (C=O) groups is 1. The zero-order valence-electron chi connectivity index (χ0n) is 14.6. The second-order valence-corrected chi connectivity index (χ2v) is 9.30. The van der Waals surface area contributed by atoms with Crippen LogP contribution in [0.5, 0.6) is 0 Å². The van der Waals surface area contributed by atoms with Gasteiger partial charge in [0, 0.05) is 38.3 Å². The molecule has 1 aliphatic rings. The molecule has 1 aliphatic heterocycles. The Balaban J connectivity index is 1.66. The molecule has 8 nitrogen and oxygen atoms in total. The van der Waals surface area contributed by atoms with E-state index in [9.17, 15) is 13.2 Å². The van der Waals surface area contributed by atoms with E-state index < -0.39 is 9.84 Å². The molecule has 0 fully saturated rings. The maximum atomic E-state index is 13.0.